The van der Waals surface area contributed by atoms with Crippen LogP contribution in [0.4, 0.5) is 10.1 Å². The molecular formula is C24H22ClFN2O4S. The highest BCUT2D eigenvalue weighted by Crippen LogP contribution is 2.30. The Kier molecular flexibility index (Phi) is 6.97. The summed E-state index contributed by atoms with van der Waals surface area (Å²) in [6.45, 7) is 1.06. The number of hydrogen-bond donors (Lipinski definition) is 1. The number of ether oxygens (including phenoxy) is 1. The van der Waals surface area contributed by atoms with E-state index in [2.05, 4.69) is 5.32 Å². The number of hydrogen-bond acceptors (Lipinski definition) is 4. The summed E-state index contributed by atoms with van der Waals surface area (Å²) >= 11 is 6.19. The molecule has 0 radical (unpaired) electrons. The topological polar surface area (TPSA) is 75.7 Å². The van der Waals surface area contributed by atoms with Gasteiger partial charge in [0.25, 0.3) is 5.91 Å². The number of nitrogens with one attached hydrogen (secondary N) is 1. The molecule has 1 heterocycles. The van der Waals surface area contributed by atoms with Crippen LogP contribution in [0.25, 0.3) is 0 Å². The summed E-state index contributed by atoms with van der Waals surface area (Å²) in [5.74, 6) is -0.456. The molecule has 0 unspecified atom stereocenters. The van der Waals surface area contributed by atoms with Gasteiger partial charge in [-0.1, -0.05) is 35.9 Å². The van der Waals surface area contributed by atoms with Gasteiger partial charge in [-0.3, -0.25) is 4.79 Å². The van der Waals surface area contributed by atoms with Crippen molar-refractivity contribution in [3.05, 3.63) is 88.7 Å². The lowest BCUT2D eigenvalue weighted by atomic mass is 10.1. The highest BCUT2D eigenvalue weighted by atomic mass is 35.5. The first-order chi connectivity index (χ1) is 15.8. The van der Waals surface area contributed by atoms with Crippen LogP contribution in [0.5, 0.6) is 5.75 Å². The monoisotopic (exact) mass is 488 g/mol. The van der Waals surface area contributed by atoms with E-state index in [1.54, 1.807) is 42.5 Å². The van der Waals surface area contributed by atoms with Crippen molar-refractivity contribution in [2.45, 2.75) is 24.3 Å². The standard InChI is InChI=1S/C24H22ClFN2O4S/c25-21-12-11-19(15-23(21)33(30,31)28-13-3-4-14-28)27-24(29)20-5-1-2-6-22(20)32-16-17-7-9-18(26)10-8-17/h1-2,5-12,15H,3-4,13-14,16H2,(H,27,29). The van der Waals surface area contributed by atoms with Gasteiger partial charge in [-0.05, 0) is 60.9 Å². The molecule has 1 fully saturated rings. The van der Waals surface area contributed by atoms with Gasteiger partial charge in [0.15, 0.2) is 0 Å². The number of anilines is 1. The maximum absolute atomic E-state index is 13.1. The van der Waals surface area contributed by atoms with Crippen LogP contribution in [-0.4, -0.2) is 31.7 Å². The normalized spacial score (nSPS) is 14.2. The number of amides is 1. The average Bonchev–Trinajstić information content (AvgIpc) is 3.36. The molecule has 0 aromatic heterocycles. The van der Waals surface area contributed by atoms with Crippen molar-refractivity contribution in [2.24, 2.45) is 0 Å². The van der Waals surface area contributed by atoms with E-state index in [1.807, 2.05) is 0 Å². The van der Waals surface area contributed by atoms with Gasteiger partial charge in [-0.25, -0.2) is 12.8 Å². The molecular weight excluding hydrogens is 467 g/mol. The minimum absolute atomic E-state index is 0.0373. The van der Waals surface area contributed by atoms with Crippen molar-refractivity contribution in [1.82, 2.24) is 4.31 Å². The van der Waals surface area contributed by atoms with E-state index >= 15 is 0 Å². The largest absolute Gasteiger partial charge is 0.488 e. The molecule has 0 bridgehead atoms. The Hall–Kier alpha value is -2.94. The first-order valence-electron chi connectivity index (χ1n) is 10.4. The number of carbonyl (C=O) groups is 1. The summed E-state index contributed by atoms with van der Waals surface area (Å²) in [4.78, 5) is 12.9. The summed E-state index contributed by atoms with van der Waals surface area (Å²) in [6, 6.07) is 17.0. The molecule has 3 aromatic carbocycles. The van der Waals surface area contributed by atoms with Crippen LogP contribution < -0.4 is 10.1 Å². The van der Waals surface area contributed by atoms with Crippen LogP contribution in [0.1, 0.15) is 28.8 Å². The first-order valence-corrected chi connectivity index (χ1v) is 12.2. The van der Waals surface area contributed by atoms with Gasteiger partial charge in [0.05, 0.1) is 10.6 Å². The maximum atomic E-state index is 13.1. The number of benzene rings is 3. The molecule has 1 amide bonds. The van der Waals surface area contributed by atoms with Gasteiger partial charge < -0.3 is 10.1 Å². The van der Waals surface area contributed by atoms with Crippen molar-refractivity contribution in [3.63, 3.8) is 0 Å². The van der Waals surface area contributed by atoms with Crippen molar-refractivity contribution in [1.29, 1.82) is 0 Å². The molecule has 172 valence electrons. The van der Waals surface area contributed by atoms with E-state index in [9.17, 15) is 17.6 Å². The molecule has 6 nitrogen and oxygen atoms in total. The summed E-state index contributed by atoms with van der Waals surface area (Å²) in [5, 5.41) is 2.82. The van der Waals surface area contributed by atoms with Crippen molar-refractivity contribution < 1.29 is 22.3 Å². The number of carbonyl (C=O) groups excluding carboxylic acids is 1. The zero-order chi connectivity index (χ0) is 23.4. The lowest BCUT2D eigenvalue weighted by Gasteiger charge is -2.17. The molecule has 33 heavy (non-hydrogen) atoms. The highest BCUT2D eigenvalue weighted by Gasteiger charge is 2.29. The predicted molar refractivity (Wildman–Crippen MR) is 125 cm³/mol. The summed E-state index contributed by atoms with van der Waals surface area (Å²) in [5.41, 5.74) is 1.33. The van der Waals surface area contributed by atoms with Gasteiger partial charge >= 0.3 is 0 Å². The summed E-state index contributed by atoms with van der Waals surface area (Å²) in [7, 11) is -3.74. The fourth-order valence-electron chi connectivity index (χ4n) is 3.57. The Morgan fingerprint density at radius 2 is 1.73 bits per heavy atom. The van der Waals surface area contributed by atoms with E-state index in [0.29, 0.717) is 24.5 Å². The van der Waals surface area contributed by atoms with Crippen molar-refractivity contribution in [3.8, 4) is 5.75 Å². The molecule has 1 N–H and O–H groups in total. The molecule has 3 aromatic rings. The average molecular weight is 489 g/mol. The zero-order valence-corrected chi connectivity index (χ0v) is 19.2. The molecule has 0 atom stereocenters. The van der Waals surface area contributed by atoms with Gasteiger partial charge in [-0.15, -0.1) is 0 Å². The second-order valence-corrected chi connectivity index (χ2v) is 9.94. The Balaban J connectivity index is 1.52. The third-order valence-corrected chi connectivity index (χ3v) is 7.69. The van der Waals surface area contributed by atoms with Crippen LogP contribution in [0.2, 0.25) is 5.02 Å². The predicted octanol–water partition coefficient (Wildman–Crippen LogP) is 5.09. The van der Waals surface area contributed by atoms with Crippen LogP contribution in [0, 0.1) is 5.82 Å². The minimum Gasteiger partial charge on any atom is -0.488 e. The van der Waals surface area contributed by atoms with Gasteiger partial charge in [0.2, 0.25) is 10.0 Å². The Labute approximate surface area is 197 Å². The van der Waals surface area contributed by atoms with Crippen LogP contribution >= 0.6 is 11.6 Å². The molecule has 1 aliphatic heterocycles. The minimum atomic E-state index is -3.74. The maximum Gasteiger partial charge on any atom is 0.259 e. The molecule has 4 rings (SSSR count). The Morgan fingerprint density at radius 3 is 2.45 bits per heavy atom. The molecule has 9 heteroatoms. The number of sulfonamides is 1. The SMILES string of the molecule is O=C(Nc1ccc(Cl)c(S(=O)(=O)N2CCCC2)c1)c1ccccc1OCc1ccc(F)cc1. The number of para-hydroxylation sites is 1. The van der Waals surface area contributed by atoms with E-state index in [0.717, 1.165) is 18.4 Å². The van der Waals surface area contributed by atoms with E-state index in [4.69, 9.17) is 16.3 Å². The Morgan fingerprint density at radius 1 is 1.03 bits per heavy atom. The van der Waals surface area contributed by atoms with Gasteiger partial charge in [0.1, 0.15) is 23.1 Å². The zero-order valence-electron chi connectivity index (χ0n) is 17.6. The third-order valence-electron chi connectivity index (χ3n) is 5.31. The third kappa shape index (κ3) is 5.35. The molecule has 0 aliphatic carbocycles. The molecule has 1 saturated heterocycles. The van der Waals surface area contributed by atoms with E-state index in [1.165, 1.54) is 28.6 Å². The lowest BCUT2D eigenvalue weighted by molar-refractivity contribution is 0.102. The number of nitrogens with zero attached hydrogens (tertiary/aromatic N) is 1. The Bertz CT molecular complexity index is 1260. The fourth-order valence-corrected chi connectivity index (χ4v) is 5.58. The smallest absolute Gasteiger partial charge is 0.259 e. The second kappa shape index (κ2) is 9.91. The van der Waals surface area contributed by atoms with E-state index in [-0.39, 0.29) is 27.9 Å². The second-order valence-electron chi connectivity index (χ2n) is 7.62. The lowest BCUT2D eigenvalue weighted by Crippen LogP contribution is -2.28. The van der Waals surface area contributed by atoms with Gasteiger partial charge in [0, 0.05) is 18.8 Å². The fraction of sp³-hybridized carbons (Fsp3) is 0.208. The van der Waals surface area contributed by atoms with Crippen LogP contribution in [-0.2, 0) is 16.6 Å². The summed E-state index contributed by atoms with van der Waals surface area (Å²) < 4.78 is 46.2. The number of rotatable bonds is 7. The molecule has 0 spiro atoms. The first kappa shape index (κ1) is 23.2. The summed E-state index contributed by atoms with van der Waals surface area (Å²) in [6.07, 6.45) is 1.62. The highest BCUT2D eigenvalue weighted by molar-refractivity contribution is 7.89. The van der Waals surface area contributed by atoms with Crippen molar-refractivity contribution in [2.75, 3.05) is 18.4 Å². The van der Waals surface area contributed by atoms with Crippen molar-refractivity contribution >= 4 is 33.2 Å². The number of halogens is 2. The van der Waals surface area contributed by atoms with E-state index < -0.39 is 15.9 Å². The molecule has 1 aliphatic rings. The van der Waals surface area contributed by atoms with Crippen LogP contribution in [0.15, 0.2) is 71.6 Å². The van der Waals surface area contributed by atoms with Gasteiger partial charge in [-0.2, -0.15) is 4.31 Å². The quantitative estimate of drug-likeness (QED) is 0.502. The molecule has 0 saturated carbocycles. The van der Waals surface area contributed by atoms with Crippen LogP contribution in [0.3, 0.4) is 0 Å².